The number of ether oxygens (including phenoxy) is 1. The molecule has 3 rings (SSSR count). The third-order valence-corrected chi connectivity index (χ3v) is 4.87. The van der Waals surface area contributed by atoms with Crippen molar-refractivity contribution in [3.63, 3.8) is 0 Å². The lowest BCUT2D eigenvalue weighted by molar-refractivity contribution is -0.141. The lowest BCUT2D eigenvalue weighted by Crippen LogP contribution is -2.52. The van der Waals surface area contributed by atoms with E-state index in [0.29, 0.717) is 29.3 Å². The van der Waals surface area contributed by atoms with Gasteiger partial charge in [-0.3, -0.25) is 15.0 Å². The summed E-state index contributed by atoms with van der Waals surface area (Å²) in [7, 11) is 0. The molecule has 2 fully saturated rings. The van der Waals surface area contributed by atoms with Crippen LogP contribution in [0.25, 0.3) is 0 Å². The summed E-state index contributed by atoms with van der Waals surface area (Å²) in [6, 6.07) is 7.56. The molecule has 0 radical (unpaired) electrons. The van der Waals surface area contributed by atoms with E-state index in [0.717, 1.165) is 12.8 Å². The second-order valence-electron chi connectivity index (χ2n) is 6.81. The average Bonchev–Trinajstić information content (AvgIpc) is 2.87. The fourth-order valence-electron chi connectivity index (χ4n) is 3.26. The van der Waals surface area contributed by atoms with Gasteiger partial charge in [0.05, 0.1) is 5.56 Å². The Morgan fingerprint density at radius 3 is 2.54 bits per heavy atom. The Bertz CT molecular complexity index is 726. The molecule has 0 atom stereocenters. The first-order valence-electron chi connectivity index (χ1n) is 8.60. The molecule has 1 saturated heterocycles. The summed E-state index contributed by atoms with van der Waals surface area (Å²) in [5.74, 6) is -1.36. The van der Waals surface area contributed by atoms with Gasteiger partial charge in [0.1, 0.15) is 5.54 Å². The standard InChI is InChI=1S/C18H21N3O5/c1-12-7-9-18(10-8-12)16(24)21(17(25)19-18)20-14(22)11-26-15(23)13-5-3-2-4-6-13/h2-6,12H,7-11H2,1H3,(H,19,25)(H,20,22). The number of hydrazine groups is 1. The second-order valence-corrected chi connectivity index (χ2v) is 6.81. The van der Waals surface area contributed by atoms with Crippen molar-refractivity contribution in [1.29, 1.82) is 0 Å². The van der Waals surface area contributed by atoms with E-state index in [-0.39, 0.29) is 0 Å². The molecule has 4 amide bonds. The molecule has 2 N–H and O–H groups in total. The predicted octanol–water partition coefficient (Wildman–Crippen LogP) is 1.38. The zero-order valence-corrected chi connectivity index (χ0v) is 14.5. The van der Waals surface area contributed by atoms with Crippen molar-refractivity contribution in [3.05, 3.63) is 35.9 Å². The number of hydrogen-bond donors (Lipinski definition) is 2. The topological polar surface area (TPSA) is 105 Å². The first-order valence-corrected chi connectivity index (χ1v) is 8.60. The third-order valence-electron chi connectivity index (χ3n) is 4.87. The van der Waals surface area contributed by atoms with E-state index in [2.05, 4.69) is 17.7 Å². The highest BCUT2D eigenvalue weighted by Gasteiger charge is 2.52. The van der Waals surface area contributed by atoms with E-state index in [4.69, 9.17) is 4.74 Å². The van der Waals surface area contributed by atoms with Crippen molar-refractivity contribution in [2.45, 2.75) is 38.1 Å². The number of benzene rings is 1. The van der Waals surface area contributed by atoms with Gasteiger partial charge in [-0.2, -0.15) is 5.01 Å². The molecule has 1 aromatic rings. The summed E-state index contributed by atoms with van der Waals surface area (Å²) in [4.78, 5) is 48.5. The largest absolute Gasteiger partial charge is 0.452 e. The molecule has 8 heteroatoms. The number of nitrogens with zero attached hydrogens (tertiary/aromatic N) is 1. The van der Waals surface area contributed by atoms with Crippen molar-refractivity contribution < 1.29 is 23.9 Å². The van der Waals surface area contributed by atoms with Crippen LogP contribution in [0.1, 0.15) is 43.0 Å². The summed E-state index contributed by atoms with van der Waals surface area (Å²) < 4.78 is 4.90. The van der Waals surface area contributed by atoms with Crippen LogP contribution < -0.4 is 10.7 Å². The molecule has 138 valence electrons. The van der Waals surface area contributed by atoms with E-state index >= 15 is 0 Å². The maximum Gasteiger partial charge on any atom is 0.344 e. The number of nitrogens with one attached hydrogen (secondary N) is 2. The van der Waals surface area contributed by atoms with Crippen LogP contribution in [0.2, 0.25) is 0 Å². The number of imide groups is 1. The van der Waals surface area contributed by atoms with Gasteiger partial charge in [0.25, 0.3) is 11.8 Å². The number of amides is 4. The molecule has 0 unspecified atom stereocenters. The Kier molecular flexibility index (Phi) is 4.92. The summed E-state index contributed by atoms with van der Waals surface area (Å²) in [5.41, 5.74) is 1.60. The van der Waals surface area contributed by atoms with Crippen molar-refractivity contribution in [2.75, 3.05) is 6.61 Å². The van der Waals surface area contributed by atoms with Crippen molar-refractivity contribution in [1.82, 2.24) is 15.8 Å². The van der Waals surface area contributed by atoms with Gasteiger partial charge in [0, 0.05) is 0 Å². The summed E-state index contributed by atoms with van der Waals surface area (Å²) in [6.07, 6.45) is 2.77. The normalized spacial score (nSPS) is 25.1. The molecular formula is C18H21N3O5. The van der Waals surface area contributed by atoms with Gasteiger partial charge in [-0.1, -0.05) is 25.1 Å². The quantitative estimate of drug-likeness (QED) is 0.624. The molecular weight excluding hydrogens is 338 g/mol. The van der Waals surface area contributed by atoms with Crippen LogP contribution in [0.5, 0.6) is 0 Å². The predicted molar refractivity (Wildman–Crippen MR) is 90.6 cm³/mol. The highest BCUT2D eigenvalue weighted by Crippen LogP contribution is 2.35. The van der Waals surface area contributed by atoms with Crippen LogP contribution in [-0.2, 0) is 14.3 Å². The first-order chi connectivity index (χ1) is 12.4. The highest BCUT2D eigenvalue weighted by atomic mass is 16.5. The van der Waals surface area contributed by atoms with Gasteiger partial charge in [0.2, 0.25) is 0 Å². The minimum absolute atomic E-state index is 0.311. The minimum Gasteiger partial charge on any atom is -0.452 e. The molecule has 0 bridgehead atoms. The van der Waals surface area contributed by atoms with Crippen LogP contribution >= 0.6 is 0 Å². The molecule has 1 spiro atoms. The molecule has 8 nitrogen and oxygen atoms in total. The molecule has 1 heterocycles. The molecule has 2 aliphatic rings. The van der Waals surface area contributed by atoms with Crippen molar-refractivity contribution in [2.24, 2.45) is 5.92 Å². The average molecular weight is 359 g/mol. The van der Waals surface area contributed by atoms with Crippen LogP contribution in [0, 0.1) is 5.92 Å². The molecule has 1 aromatic carbocycles. The fourth-order valence-corrected chi connectivity index (χ4v) is 3.26. The SMILES string of the molecule is CC1CCC2(CC1)NC(=O)N(NC(=O)COC(=O)c1ccccc1)C2=O. The summed E-state index contributed by atoms with van der Waals surface area (Å²) in [6.45, 7) is 1.52. The molecule has 1 saturated carbocycles. The van der Waals surface area contributed by atoms with Gasteiger partial charge in [-0.15, -0.1) is 0 Å². The smallest absolute Gasteiger partial charge is 0.344 e. The zero-order chi connectivity index (χ0) is 18.7. The fraction of sp³-hybridized carbons (Fsp3) is 0.444. The number of esters is 1. The molecule has 0 aromatic heterocycles. The Morgan fingerprint density at radius 2 is 1.88 bits per heavy atom. The van der Waals surface area contributed by atoms with Crippen LogP contribution in [0.4, 0.5) is 4.79 Å². The molecule has 26 heavy (non-hydrogen) atoms. The Balaban J connectivity index is 1.55. The van der Waals surface area contributed by atoms with E-state index in [9.17, 15) is 19.2 Å². The number of rotatable bonds is 4. The Labute approximate surface area is 150 Å². The van der Waals surface area contributed by atoms with Crippen LogP contribution in [-0.4, -0.2) is 41.0 Å². The van der Waals surface area contributed by atoms with Gasteiger partial charge in [0.15, 0.2) is 6.61 Å². The number of carbonyl (C=O) groups is 4. The molecule has 1 aliphatic carbocycles. The van der Waals surface area contributed by atoms with E-state index in [1.165, 1.54) is 0 Å². The first kappa shape index (κ1) is 17.9. The van der Waals surface area contributed by atoms with Gasteiger partial charge in [-0.05, 0) is 43.7 Å². The van der Waals surface area contributed by atoms with Crippen LogP contribution in [0.3, 0.4) is 0 Å². The lowest BCUT2D eigenvalue weighted by Gasteiger charge is -2.33. The van der Waals surface area contributed by atoms with E-state index in [1.54, 1.807) is 30.3 Å². The number of urea groups is 1. The number of hydrogen-bond acceptors (Lipinski definition) is 5. The summed E-state index contributed by atoms with van der Waals surface area (Å²) >= 11 is 0. The maximum atomic E-state index is 12.6. The Morgan fingerprint density at radius 1 is 1.23 bits per heavy atom. The van der Waals surface area contributed by atoms with E-state index < -0.39 is 36.0 Å². The van der Waals surface area contributed by atoms with E-state index in [1.807, 2.05) is 0 Å². The monoisotopic (exact) mass is 359 g/mol. The molecule has 1 aliphatic heterocycles. The minimum atomic E-state index is -0.933. The van der Waals surface area contributed by atoms with Gasteiger partial charge < -0.3 is 10.1 Å². The number of carbonyl (C=O) groups excluding carboxylic acids is 4. The maximum absolute atomic E-state index is 12.6. The highest BCUT2D eigenvalue weighted by molar-refractivity contribution is 6.08. The van der Waals surface area contributed by atoms with Crippen LogP contribution in [0.15, 0.2) is 30.3 Å². The van der Waals surface area contributed by atoms with Crippen molar-refractivity contribution >= 4 is 23.8 Å². The van der Waals surface area contributed by atoms with Gasteiger partial charge in [-0.25, -0.2) is 9.59 Å². The summed E-state index contributed by atoms with van der Waals surface area (Å²) in [5, 5.41) is 3.39. The van der Waals surface area contributed by atoms with Crippen molar-refractivity contribution in [3.8, 4) is 0 Å². The lowest BCUT2D eigenvalue weighted by atomic mass is 9.77. The second kappa shape index (κ2) is 7.15. The Hall–Kier alpha value is -2.90. The zero-order valence-electron chi connectivity index (χ0n) is 14.5. The van der Waals surface area contributed by atoms with Gasteiger partial charge >= 0.3 is 12.0 Å². The third kappa shape index (κ3) is 3.54.